The summed E-state index contributed by atoms with van der Waals surface area (Å²) in [7, 11) is 0. The molecule has 2 N–H and O–H groups in total. The number of aliphatic hydroxyl groups is 2. The highest BCUT2D eigenvalue weighted by Crippen LogP contribution is 2.60. The Kier molecular flexibility index (Phi) is 7.53. The van der Waals surface area contributed by atoms with E-state index in [-0.39, 0.29) is 23.5 Å². The van der Waals surface area contributed by atoms with E-state index in [4.69, 9.17) is 0 Å². The summed E-state index contributed by atoms with van der Waals surface area (Å²) in [4.78, 5) is 0. The van der Waals surface area contributed by atoms with Crippen molar-refractivity contribution >= 4 is 0 Å². The van der Waals surface area contributed by atoms with Crippen LogP contribution in [-0.4, -0.2) is 28.3 Å². The lowest BCUT2D eigenvalue weighted by Crippen LogP contribution is -2.39. The molecule has 176 valence electrons. The lowest BCUT2D eigenvalue weighted by molar-refractivity contribution is -0.0868. The van der Waals surface area contributed by atoms with Gasteiger partial charge in [0, 0.05) is 5.57 Å². The Morgan fingerprint density at radius 1 is 1.10 bits per heavy atom. The van der Waals surface area contributed by atoms with Gasteiger partial charge in [-0.1, -0.05) is 52.0 Å². The van der Waals surface area contributed by atoms with Gasteiger partial charge in [-0.25, -0.2) is 0 Å². The van der Waals surface area contributed by atoms with Crippen LogP contribution in [0.25, 0.3) is 0 Å². The van der Waals surface area contributed by atoms with Gasteiger partial charge in [0.1, 0.15) is 6.10 Å². The van der Waals surface area contributed by atoms with Crippen LogP contribution in [0.15, 0.2) is 35.5 Å². The van der Waals surface area contributed by atoms with Gasteiger partial charge in [0.15, 0.2) is 0 Å². The highest BCUT2D eigenvalue weighted by Gasteiger charge is 2.51. The molecule has 0 bridgehead atoms. The highest BCUT2D eigenvalue weighted by molar-refractivity contribution is 5.41. The van der Waals surface area contributed by atoms with Crippen molar-refractivity contribution in [1.82, 2.24) is 0 Å². The van der Waals surface area contributed by atoms with Gasteiger partial charge in [0.2, 0.25) is 0 Å². The van der Waals surface area contributed by atoms with Crippen molar-refractivity contribution in [2.75, 3.05) is 0 Å². The van der Waals surface area contributed by atoms with Crippen LogP contribution in [0.5, 0.6) is 0 Å². The highest BCUT2D eigenvalue weighted by atomic mass is 19.3. The Bertz CT molecular complexity index is 723. The summed E-state index contributed by atoms with van der Waals surface area (Å²) in [5.41, 5.74) is 1.86. The molecule has 0 heterocycles. The summed E-state index contributed by atoms with van der Waals surface area (Å²) in [6, 6.07) is 0. The summed E-state index contributed by atoms with van der Waals surface area (Å²) in [5, 5.41) is 20.0. The lowest BCUT2D eigenvalue weighted by Gasteiger charge is -2.44. The Hall–Kier alpha value is -1.00. The van der Waals surface area contributed by atoms with Crippen molar-refractivity contribution in [3.63, 3.8) is 0 Å². The van der Waals surface area contributed by atoms with Gasteiger partial charge >= 0.3 is 0 Å². The number of hydrogen-bond donors (Lipinski definition) is 2. The molecule has 6 atom stereocenters. The van der Waals surface area contributed by atoms with Crippen LogP contribution in [0.2, 0.25) is 0 Å². The fourth-order valence-electron chi connectivity index (χ4n) is 6.64. The first kappa shape index (κ1) is 24.6. The monoisotopic (exact) mass is 436 g/mol. The van der Waals surface area contributed by atoms with Crippen LogP contribution in [0.4, 0.5) is 8.78 Å². The molecule has 0 aromatic rings. The number of hydrogen-bond acceptors (Lipinski definition) is 2. The maximum Gasteiger partial charge on any atom is 0.298 e. The number of allylic oxidation sites excluding steroid dienone is 4. The van der Waals surface area contributed by atoms with Crippen molar-refractivity contribution in [3.05, 3.63) is 35.5 Å². The zero-order chi connectivity index (χ0) is 23.0. The molecule has 0 amide bonds. The summed E-state index contributed by atoms with van der Waals surface area (Å²) < 4.78 is 29.1. The zero-order valence-corrected chi connectivity index (χ0v) is 19.8. The minimum Gasteiger partial charge on any atom is -0.393 e. The standard InChI is InChI=1S/C27H42F2O2/c1-17(2)24(30)14-8-18(3)21-12-13-23-20(7-6-16-26(21,23)5)10-11-22-19(4)9-15-25(31)27(22,28)29/h10-11,17-18,21,23-25,30-31H,4,6-9,12-16H2,1-3,5H3/b20-10+,22-11+/t18-,21?,23?,24?,25+,26?/m1/s1. The van der Waals surface area contributed by atoms with Gasteiger partial charge in [-0.05, 0) is 92.4 Å². The molecule has 3 fully saturated rings. The van der Waals surface area contributed by atoms with E-state index < -0.39 is 12.0 Å². The third-order valence-electron chi connectivity index (χ3n) is 8.75. The van der Waals surface area contributed by atoms with Crippen LogP contribution in [-0.2, 0) is 0 Å². The average Bonchev–Trinajstić information content (AvgIpc) is 3.06. The van der Waals surface area contributed by atoms with Crippen molar-refractivity contribution in [2.24, 2.45) is 29.1 Å². The fourth-order valence-corrected chi connectivity index (χ4v) is 6.64. The van der Waals surface area contributed by atoms with Crippen LogP contribution >= 0.6 is 0 Å². The van der Waals surface area contributed by atoms with E-state index in [2.05, 4.69) is 34.3 Å². The van der Waals surface area contributed by atoms with E-state index in [0.29, 0.717) is 35.7 Å². The summed E-state index contributed by atoms with van der Waals surface area (Å²) in [6.45, 7) is 12.7. The maximum absolute atomic E-state index is 14.6. The molecule has 0 aromatic heterocycles. The van der Waals surface area contributed by atoms with Crippen molar-refractivity contribution in [2.45, 2.75) is 104 Å². The summed E-state index contributed by atoms with van der Waals surface area (Å²) in [5.74, 6) is -1.31. The molecular formula is C27H42F2O2. The Balaban J connectivity index is 1.77. The van der Waals surface area contributed by atoms with E-state index in [0.717, 1.165) is 32.1 Å². The van der Waals surface area contributed by atoms with Crippen molar-refractivity contribution < 1.29 is 19.0 Å². The maximum atomic E-state index is 14.6. The van der Waals surface area contributed by atoms with E-state index in [1.807, 2.05) is 6.08 Å². The molecule has 31 heavy (non-hydrogen) atoms. The first-order valence-corrected chi connectivity index (χ1v) is 12.3. The zero-order valence-electron chi connectivity index (χ0n) is 19.8. The largest absolute Gasteiger partial charge is 0.393 e. The number of alkyl halides is 2. The summed E-state index contributed by atoms with van der Waals surface area (Å²) in [6.07, 6.45) is 9.59. The SMILES string of the molecule is C=C1CC[C@H](O)C(F)(F)/C1=C/C=C1\CCCC2(C)C1CCC2[C@H](C)CCC(O)C(C)C. The molecule has 0 aliphatic heterocycles. The quantitative estimate of drug-likeness (QED) is 0.479. The fraction of sp³-hybridized carbons (Fsp3) is 0.778. The molecular weight excluding hydrogens is 394 g/mol. The Labute approximate surface area is 187 Å². The predicted octanol–water partition coefficient (Wildman–Crippen LogP) is 6.84. The molecule has 3 aliphatic carbocycles. The van der Waals surface area contributed by atoms with Gasteiger partial charge in [-0.3, -0.25) is 0 Å². The third kappa shape index (κ3) is 4.85. The molecule has 4 unspecified atom stereocenters. The number of rotatable bonds is 6. The molecule has 0 radical (unpaired) electrons. The van der Waals surface area contributed by atoms with Crippen LogP contribution in [0, 0.1) is 29.1 Å². The lowest BCUT2D eigenvalue weighted by atomic mass is 9.60. The third-order valence-corrected chi connectivity index (χ3v) is 8.75. The second kappa shape index (κ2) is 9.47. The molecule has 3 aliphatic rings. The Morgan fingerprint density at radius 3 is 2.48 bits per heavy atom. The van der Waals surface area contributed by atoms with Gasteiger partial charge in [-0.2, -0.15) is 8.78 Å². The van der Waals surface area contributed by atoms with E-state index in [1.54, 1.807) is 6.08 Å². The topological polar surface area (TPSA) is 40.5 Å². The number of aliphatic hydroxyl groups excluding tert-OH is 2. The molecule has 2 nitrogen and oxygen atoms in total. The van der Waals surface area contributed by atoms with Gasteiger partial charge < -0.3 is 10.2 Å². The smallest absolute Gasteiger partial charge is 0.298 e. The molecule has 4 heteroatoms. The minimum atomic E-state index is -3.21. The number of fused-ring (bicyclic) bond motifs is 1. The van der Waals surface area contributed by atoms with Gasteiger partial charge in [-0.15, -0.1) is 0 Å². The Morgan fingerprint density at radius 2 is 1.81 bits per heavy atom. The van der Waals surface area contributed by atoms with E-state index >= 15 is 0 Å². The van der Waals surface area contributed by atoms with Crippen LogP contribution in [0.1, 0.15) is 85.5 Å². The van der Waals surface area contributed by atoms with Crippen LogP contribution < -0.4 is 0 Å². The number of halogens is 2. The normalized spacial score (nSPS) is 38.0. The average molecular weight is 437 g/mol. The molecule has 0 spiro atoms. The predicted molar refractivity (Wildman–Crippen MR) is 123 cm³/mol. The molecule has 0 saturated heterocycles. The van der Waals surface area contributed by atoms with Crippen LogP contribution in [0.3, 0.4) is 0 Å². The van der Waals surface area contributed by atoms with E-state index in [9.17, 15) is 19.0 Å². The van der Waals surface area contributed by atoms with Crippen molar-refractivity contribution in [1.29, 1.82) is 0 Å². The molecule has 3 saturated carbocycles. The molecule has 0 aromatic carbocycles. The van der Waals surface area contributed by atoms with E-state index in [1.165, 1.54) is 18.4 Å². The minimum absolute atomic E-state index is 0.0749. The first-order valence-electron chi connectivity index (χ1n) is 12.3. The van der Waals surface area contributed by atoms with Gasteiger partial charge in [0.05, 0.1) is 6.10 Å². The van der Waals surface area contributed by atoms with Crippen molar-refractivity contribution in [3.8, 4) is 0 Å². The second-order valence-corrected chi connectivity index (χ2v) is 11.1. The molecule has 3 rings (SSSR count). The second-order valence-electron chi connectivity index (χ2n) is 11.1. The van der Waals surface area contributed by atoms with Gasteiger partial charge in [0.25, 0.3) is 5.92 Å². The summed E-state index contributed by atoms with van der Waals surface area (Å²) >= 11 is 0. The first-order chi connectivity index (χ1) is 14.5.